The summed E-state index contributed by atoms with van der Waals surface area (Å²) in [5.74, 6) is 1.14. The van der Waals surface area contributed by atoms with Gasteiger partial charge < -0.3 is 15.5 Å². The van der Waals surface area contributed by atoms with E-state index in [0.29, 0.717) is 30.0 Å². The third kappa shape index (κ3) is 2.87. The highest BCUT2D eigenvalue weighted by Crippen LogP contribution is 2.34. The van der Waals surface area contributed by atoms with E-state index in [1.54, 1.807) is 12.3 Å². The van der Waals surface area contributed by atoms with Gasteiger partial charge in [0, 0.05) is 6.04 Å². The standard InChI is InChI=1S/C16H20N4O2/c1-9-4-10(2)14(12(21)5-9)15-17-8-13(19-20-15)18-11-6-16(3,22)7-11/h4-5,8,11,21-22H,6-7H2,1-3H3,(H,18,19). The fourth-order valence-electron chi connectivity index (χ4n) is 3.00. The molecule has 1 fully saturated rings. The molecule has 1 aromatic heterocycles. The van der Waals surface area contributed by atoms with Crippen molar-refractivity contribution in [2.75, 3.05) is 5.32 Å². The second-order valence-electron chi connectivity index (χ2n) is 6.39. The Kier molecular flexibility index (Phi) is 3.48. The van der Waals surface area contributed by atoms with Crippen LogP contribution in [0.4, 0.5) is 5.82 Å². The van der Waals surface area contributed by atoms with Gasteiger partial charge in [-0.05, 0) is 50.8 Å². The molecule has 0 unspecified atom stereocenters. The van der Waals surface area contributed by atoms with Gasteiger partial charge in [0.25, 0.3) is 0 Å². The Morgan fingerprint density at radius 1 is 1.23 bits per heavy atom. The zero-order chi connectivity index (χ0) is 15.9. The summed E-state index contributed by atoms with van der Waals surface area (Å²) in [6, 6.07) is 3.86. The van der Waals surface area contributed by atoms with Crippen LogP contribution in [-0.2, 0) is 0 Å². The van der Waals surface area contributed by atoms with Crippen LogP contribution in [0.5, 0.6) is 5.75 Å². The highest BCUT2D eigenvalue weighted by molar-refractivity contribution is 5.68. The van der Waals surface area contributed by atoms with Gasteiger partial charge >= 0.3 is 0 Å². The van der Waals surface area contributed by atoms with Gasteiger partial charge in [-0.25, -0.2) is 4.98 Å². The third-order valence-corrected chi connectivity index (χ3v) is 3.97. The number of hydrogen-bond acceptors (Lipinski definition) is 6. The molecule has 1 aliphatic rings. The minimum absolute atomic E-state index is 0.162. The summed E-state index contributed by atoms with van der Waals surface area (Å²) in [4.78, 5) is 4.29. The van der Waals surface area contributed by atoms with Crippen LogP contribution < -0.4 is 5.32 Å². The first kappa shape index (κ1) is 14.7. The van der Waals surface area contributed by atoms with Gasteiger partial charge in [-0.1, -0.05) is 6.07 Å². The normalized spacial score (nSPS) is 23.9. The van der Waals surface area contributed by atoms with Crippen molar-refractivity contribution in [3.05, 3.63) is 29.5 Å². The fraction of sp³-hybridized carbons (Fsp3) is 0.438. The molecule has 1 aromatic carbocycles. The van der Waals surface area contributed by atoms with Gasteiger partial charge in [0.2, 0.25) is 0 Å². The predicted molar refractivity (Wildman–Crippen MR) is 83.7 cm³/mol. The molecule has 0 aliphatic heterocycles. The first-order valence-electron chi connectivity index (χ1n) is 7.33. The van der Waals surface area contributed by atoms with Crippen molar-refractivity contribution in [2.24, 2.45) is 0 Å². The molecule has 1 saturated carbocycles. The van der Waals surface area contributed by atoms with Gasteiger partial charge in [0.15, 0.2) is 11.6 Å². The van der Waals surface area contributed by atoms with Crippen molar-refractivity contribution in [1.82, 2.24) is 15.2 Å². The maximum atomic E-state index is 10.1. The average Bonchev–Trinajstić information content (AvgIpc) is 2.37. The van der Waals surface area contributed by atoms with E-state index in [-0.39, 0.29) is 11.8 Å². The summed E-state index contributed by atoms with van der Waals surface area (Å²) in [5.41, 5.74) is 1.93. The van der Waals surface area contributed by atoms with Gasteiger partial charge in [-0.3, -0.25) is 0 Å². The maximum Gasteiger partial charge on any atom is 0.185 e. The number of aromatic hydroxyl groups is 1. The van der Waals surface area contributed by atoms with E-state index in [4.69, 9.17) is 0 Å². The van der Waals surface area contributed by atoms with Gasteiger partial charge in [0.05, 0.1) is 17.4 Å². The van der Waals surface area contributed by atoms with Gasteiger partial charge in [-0.2, -0.15) is 0 Å². The first-order valence-corrected chi connectivity index (χ1v) is 7.33. The highest BCUT2D eigenvalue weighted by atomic mass is 16.3. The van der Waals surface area contributed by atoms with Crippen molar-refractivity contribution < 1.29 is 10.2 Å². The molecule has 3 N–H and O–H groups in total. The number of benzene rings is 1. The molecule has 3 rings (SSSR count). The Labute approximate surface area is 129 Å². The molecule has 1 heterocycles. The lowest BCUT2D eigenvalue weighted by Gasteiger charge is -2.41. The highest BCUT2D eigenvalue weighted by Gasteiger charge is 2.38. The van der Waals surface area contributed by atoms with Crippen LogP contribution in [-0.4, -0.2) is 37.0 Å². The van der Waals surface area contributed by atoms with Gasteiger partial charge in [-0.15, -0.1) is 10.2 Å². The van der Waals surface area contributed by atoms with Crippen LogP contribution in [0, 0.1) is 13.8 Å². The number of aromatic nitrogens is 3. The fourth-order valence-corrected chi connectivity index (χ4v) is 3.00. The molecule has 6 heteroatoms. The van der Waals surface area contributed by atoms with Crippen LogP contribution in [0.2, 0.25) is 0 Å². The second kappa shape index (κ2) is 5.21. The Morgan fingerprint density at radius 3 is 2.50 bits per heavy atom. The lowest BCUT2D eigenvalue weighted by Crippen LogP contribution is -2.48. The number of hydrogen-bond donors (Lipinski definition) is 3. The number of anilines is 1. The molecule has 1 aliphatic carbocycles. The molecular formula is C16H20N4O2. The summed E-state index contributed by atoms with van der Waals surface area (Å²) in [6.45, 7) is 5.66. The van der Waals surface area contributed by atoms with E-state index in [1.807, 2.05) is 26.8 Å². The molecule has 0 spiro atoms. The van der Waals surface area contributed by atoms with Crippen molar-refractivity contribution in [1.29, 1.82) is 0 Å². The Bertz CT molecular complexity index is 667. The summed E-state index contributed by atoms with van der Waals surface area (Å²) >= 11 is 0. The molecule has 0 amide bonds. The van der Waals surface area contributed by atoms with E-state index in [9.17, 15) is 10.2 Å². The van der Waals surface area contributed by atoms with Crippen LogP contribution in [0.15, 0.2) is 18.3 Å². The van der Waals surface area contributed by atoms with Crippen LogP contribution >= 0.6 is 0 Å². The number of aliphatic hydroxyl groups is 1. The zero-order valence-corrected chi connectivity index (χ0v) is 13.0. The molecule has 116 valence electrons. The number of rotatable bonds is 3. The number of phenolic OH excluding ortho intramolecular Hbond substituents is 1. The molecule has 0 saturated heterocycles. The van der Waals surface area contributed by atoms with Crippen LogP contribution in [0.3, 0.4) is 0 Å². The van der Waals surface area contributed by atoms with Gasteiger partial charge in [0.1, 0.15) is 5.75 Å². The number of nitrogens with one attached hydrogen (secondary N) is 1. The molecule has 2 aromatic rings. The largest absolute Gasteiger partial charge is 0.507 e. The third-order valence-electron chi connectivity index (χ3n) is 3.97. The number of aryl methyl sites for hydroxylation is 2. The lowest BCUT2D eigenvalue weighted by molar-refractivity contribution is -0.0235. The summed E-state index contributed by atoms with van der Waals surface area (Å²) in [5, 5.41) is 31.2. The van der Waals surface area contributed by atoms with Crippen LogP contribution in [0.1, 0.15) is 30.9 Å². The average molecular weight is 300 g/mol. The topological polar surface area (TPSA) is 91.2 Å². The summed E-state index contributed by atoms with van der Waals surface area (Å²) in [7, 11) is 0. The second-order valence-corrected chi connectivity index (χ2v) is 6.39. The van der Waals surface area contributed by atoms with Crippen molar-refractivity contribution >= 4 is 5.82 Å². The predicted octanol–water partition coefficient (Wildman–Crippen LogP) is 2.19. The van der Waals surface area contributed by atoms with Crippen molar-refractivity contribution in [2.45, 2.75) is 45.3 Å². The van der Waals surface area contributed by atoms with E-state index >= 15 is 0 Å². The molecule has 0 radical (unpaired) electrons. The quantitative estimate of drug-likeness (QED) is 0.805. The molecule has 22 heavy (non-hydrogen) atoms. The number of phenols is 1. The SMILES string of the molecule is Cc1cc(C)c(-c2ncc(NC3CC(C)(O)C3)nn2)c(O)c1. The van der Waals surface area contributed by atoms with E-state index in [0.717, 1.165) is 11.1 Å². The van der Waals surface area contributed by atoms with E-state index < -0.39 is 5.60 Å². The molecular weight excluding hydrogens is 280 g/mol. The Hall–Kier alpha value is -2.21. The summed E-state index contributed by atoms with van der Waals surface area (Å²) < 4.78 is 0. The Morgan fingerprint density at radius 2 is 1.95 bits per heavy atom. The van der Waals surface area contributed by atoms with E-state index in [2.05, 4.69) is 20.5 Å². The number of nitrogens with zero attached hydrogens (tertiary/aromatic N) is 3. The maximum absolute atomic E-state index is 10.1. The zero-order valence-electron chi connectivity index (χ0n) is 13.0. The lowest BCUT2D eigenvalue weighted by atomic mass is 9.77. The van der Waals surface area contributed by atoms with Crippen molar-refractivity contribution in [3.8, 4) is 17.1 Å². The first-order chi connectivity index (χ1) is 10.3. The van der Waals surface area contributed by atoms with Crippen molar-refractivity contribution in [3.63, 3.8) is 0 Å². The minimum Gasteiger partial charge on any atom is -0.507 e. The summed E-state index contributed by atoms with van der Waals surface area (Å²) in [6.07, 6.45) is 2.98. The Balaban J connectivity index is 1.77. The van der Waals surface area contributed by atoms with Crippen LogP contribution in [0.25, 0.3) is 11.4 Å². The monoisotopic (exact) mass is 300 g/mol. The minimum atomic E-state index is -0.580. The smallest absolute Gasteiger partial charge is 0.185 e. The molecule has 6 nitrogen and oxygen atoms in total. The molecule has 0 atom stereocenters. The van der Waals surface area contributed by atoms with E-state index in [1.165, 1.54) is 0 Å². The molecule has 0 bridgehead atoms.